The average Bonchev–Trinajstić information content (AvgIpc) is 2.55. The molecule has 0 amide bonds. The average molecular weight is 288 g/mol. The Morgan fingerprint density at radius 3 is 2.09 bits per heavy atom. The molecular formula is C20H16O2. The fourth-order valence-corrected chi connectivity index (χ4v) is 2.52. The van der Waals surface area contributed by atoms with Crippen LogP contribution in [-0.2, 0) is 0 Å². The maximum absolute atomic E-state index is 9.99. The van der Waals surface area contributed by atoms with Crippen molar-refractivity contribution >= 4 is 6.08 Å². The molecule has 0 heterocycles. The highest BCUT2D eigenvalue weighted by molar-refractivity contribution is 5.81. The van der Waals surface area contributed by atoms with Gasteiger partial charge < -0.3 is 10.2 Å². The smallest absolute Gasteiger partial charge is 0.123 e. The molecule has 0 spiro atoms. The Morgan fingerprint density at radius 2 is 1.41 bits per heavy atom. The molecule has 22 heavy (non-hydrogen) atoms. The molecule has 2 nitrogen and oxygen atoms in total. The number of hydrogen-bond donors (Lipinski definition) is 2. The van der Waals surface area contributed by atoms with Gasteiger partial charge in [-0.1, -0.05) is 55.1 Å². The number of para-hydroxylation sites is 1. The summed E-state index contributed by atoms with van der Waals surface area (Å²) >= 11 is 0. The van der Waals surface area contributed by atoms with E-state index in [1.165, 1.54) is 0 Å². The maximum atomic E-state index is 9.99. The minimum absolute atomic E-state index is 0.245. The Labute approximate surface area is 129 Å². The van der Waals surface area contributed by atoms with E-state index in [1.807, 2.05) is 42.5 Å². The predicted molar refractivity (Wildman–Crippen MR) is 90.7 cm³/mol. The van der Waals surface area contributed by atoms with E-state index in [-0.39, 0.29) is 11.5 Å². The quantitative estimate of drug-likeness (QED) is 0.706. The van der Waals surface area contributed by atoms with E-state index in [9.17, 15) is 10.2 Å². The molecule has 2 heteroatoms. The fraction of sp³-hybridized carbons (Fsp3) is 0. The first-order valence-corrected chi connectivity index (χ1v) is 7.03. The Hall–Kier alpha value is -3.00. The lowest BCUT2D eigenvalue weighted by atomic mass is 9.94. The van der Waals surface area contributed by atoms with Crippen molar-refractivity contribution in [3.05, 3.63) is 78.9 Å². The SMILES string of the molecule is C=Cc1cc(-c2ccccc2O)ccc1-c1ccc(O)cc1. The van der Waals surface area contributed by atoms with Crippen LogP contribution in [-0.4, -0.2) is 10.2 Å². The van der Waals surface area contributed by atoms with E-state index in [2.05, 4.69) is 6.58 Å². The van der Waals surface area contributed by atoms with Crippen molar-refractivity contribution in [1.82, 2.24) is 0 Å². The molecule has 0 aliphatic heterocycles. The maximum Gasteiger partial charge on any atom is 0.123 e. The highest BCUT2D eigenvalue weighted by atomic mass is 16.3. The van der Waals surface area contributed by atoms with Crippen LogP contribution in [0.15, 0.2) is 73.3 Å². The number of phenolic OH excluding ortho intramolecular Hbond substituents is 2. The van der Waals surface area contributed by atoms with E-state index in [1.54, 1.807) is 30.3 Å². The molecule has 0 aliphatic carbocycles. The van der Waals surface area contributed by atoms with Gasteiger partial charge in [-0.3, -0.25) is 0 Å². The van der Waals surface area contributed by atoms with Crippen LogP contribution in [0.5, 0.6) is 11.5 Å². The van der Waals surface area contributed by atoms with Crippen LogP contribution in [0.2, 0.25) is 0 Å². The number of aromatic hydroxyl groups is 2. The zero-order valence-corrected chi connectivity index (χ0v) is 12.0. The summed E-state index contributed by atoms with van der Waals surface area (Å²) in [5.41, 5.74) is 4.76. The van der Waals surface area contributed by atoms with Gasteiger partial charge >= 0.3 is 0 Å². The van der Waals surface area contributed by atoms with E-state index in [4.69, 9.17) is 0 Å². The molecule has 0 aliphatic rings. The molecule has 3 aromatic rings. The van der Waals surface area contributed by atoms with E-state index < -0.39 is 0 Å². The Kier molecular flexibility index (Phi) is 3.67. The molecule has 0 atom stereocenters. The third-order valence-electron chi connectivity index (χ3n) is 3.66. The van der Waals surface area contributed by atoms with Gasteiger partial charge in [0, 0.05) is 5.56 Å². The molecule has 3 rings (SSSR count). The first kappa shape index (κ1) is 14.0. The molecule has 0 bridgehead atoms. The lowest BCUT2D eigenvalue weighted by Gasteiger charge is -2.11. The van der Waals surface area contributed by atoms with Gasteiger partial charge in [0.15, 0.2) is 0 Å². The molecule has 0 saturated heterocycles. The van der Waals surface area contributed by atoms with Crippen molar-refractivity contribution in [3.63, 3.8) is 0 Å². The summed E-state index contributed by atoms with van der Waals surface area (Å²) in [6.07, 6.45) is 1.80. The molecule has 0 unspecified atom stereocenters. The fourth-order valence-electron chi connectivity index (χ4n) is 2.52. The van der Waals surface area contributed by atoms with E-state index in [0.29, 0.717) is 0 Å². The van der Waals surface area contributed by atoms with Gasteiger partial charge in [0.05, 0.1) is 0 Å². The largest absolute Gasteiger partial charge is 0.508 e. The molecule has 0 radical (unpaired) electrons. The van der Waals surface area contributed by atoms with Gasteiger partial charge in [0.2, 0.25) is 0 Å². The first-order chi connectivity index (χ1) is 10.7. The van der Waals surface area contributed by atoms with Crippen LogP contribution in [0.1, 0.15) is 5.56 Å². The van der Waals surface area contributed by atoms with Crippen LogP contribution < -0.4 is 0 Å². The highest BCUT2D eigenvalue weighted by Crippen LogP contribution is 2.33. The molecular weight excluding hydrogens is 272 g/mol. The topological polar surface area (TPSA) is 40.5 Å². The Morgan fingerprint density at radius 1 is 0.727 bits per heavy atom. The minimum Gasteiger partial charge on any atom is -0.508 e. The molecule has 0 saturated carbocycles. The van der Waals surface area contributed by atoms with Gasteiger partial charge in [-0.05, 0) is 46.5 Å². The third kappa shape index (κ3) is 2.59. The van der Waals surface area contributed by atoms with Gasteiger partial charge in [0.25, 0.3) is 0 Å². The van der Waals surface area contributed by atoms with Gasteiger partial charge in [0.1, 0.15) is 11.5 Å². The molecule has 3 aromatic carbocycles. The summed E-state index contributed by atoms with van der Waals surface area (Å²) in [6, 6.07) is 20.3. The van der Waals surface area contributed by atoms with Crippen molar-refractivity contribution in [2.24, 2.45) is 0 Å². The Balaban J connectivity index is 2.10. The van der Waals surface area contributed by atoms with Gasteiger partial charge in [-0.15, -0.1) is 0 Å². The van der Waals surface area contributed by atoms with Crippen LogP contribution in [0.25, 0.3) is 28.3 Å². The van der Waals surface area contributed by atoms with E-state index in [0.717, 1.165) is 27.8 Å². The molecule has 0 aromatic heterocycles. The summed E-state index contributed by atoms with van der Waals surface area (Å²) in [6.45, 7) is 3.88. The highest BCUT2D eigenvalue weighted by Gasteiger charge is 2.08. The lowest BCUT2D eigenvalue weighted by molar-refractivity contribution is 0.475. The zero-order valence-electron chi connectivity index (χ0n) is 12.0. The standard InChI is InChI=1S/C20H16O2/c1-2-14-13-16(19-5-3-4-6-20(19)22)9-12-18(14)15-7-10-17(21)11-8-15/h2-13,21-22H,1H2. The minimum atomic E-state index is 0.245. The monoisotopic (exact) mass is 288 g/mol. The zero-order chi connectivity index (χ0) is 15.5. The number of benzene rings is 3. The van der Waals surface area contributed by atoms with Crippen molar-refractivity contribution < 1.29 is 10.2 Å². The second kappa shape index (κ2) is 5.78. The van der Waals surface area contributed by atoms with Crippen LogP contribution in [0.3, 0.4) is 0 Å². The Bertz CT molecular complexity index is 817. The van der Waals surface area contributed by atoms with Crippen LogP contribution in [0.4, 0.5) is 0 Å². The lowest BCUT2D eigenvalue weighted by Crippen LogP contribution is -1.86. The first-order valence-electron chi connectivity index (χ1n) is 7.03. The predicted octanol–water partition coefficient (Wildman–Crippen LogP) is 5.07. The van der Waals surface area contributed by atoms with Crippen molar-refractivity contribution in [2.75, 3.05) is 0 Å². The summed E-state index contributed by atoms with van der Waals surface area (Å²) in [4.78, 5) is 0. The normalized spacial score (nSPS) is 10.4. The van der Waals surface area contributed by atoms with Crippen molar-refractivity contribution in [1.29, 1.82) is 0 Å². The van der Waals surface area contributed by atoms with Crippen molar-refractivity contribution in [2.45, 2.75) is 0 Å². The van der Waals surface area contributed by atoms with Crippen molar-refractivity contribution in [3.8, 4) is 33.8 Å². The summed E-state index contributed by atoms with van der Waals surface area (Å²) < 4.78 is 0. The number of hydrogen-bond acceptors (Lipinski definition) is 2. The summed E-state index contributed by atoms with van der Waals surface area (Å²) in [5, 5.41) is 19.4. The number of phenols is 2. The third-order valence-corrected chi connectivity index (χ3v) is 3.66. The number of rotatable bonds is 3. The summed E-state index contributed by atoms with van der Waals surface area (Å²) in [5.74, 6) is 0.504. The second-order valence-corrected chi connectivity index (χ2v) is 5.07. The molecule has 108 valence electrons. The summed E-state index contributed by atoms with van der Waals surface area (Å²) in [7, 11) is 0. The second-order valence-electron chi connectivity index (χ2n) is 5.07. The molecule has 2 N–H and O–H groups in total. The van der Waals surface area contributed by atoms with Crippen LogP contribution >= 0.6 is 0 Å². The van der Waals surface area contributed by atoms with Gasteiger partial charge in [-0.25, -0.2) is 0 Å². The molecule has 0 fully saturated rings. The van der Waals surface area contributed by atoms with E-state index >= 15 is 0 Å². The van der Waals surface area contributed by atoms with Crippen LogP contribution in [0, 0.1) is 0 Å². The van der Waals surface area contributed by atoms with Gasteiger partial charge in [-0.2, -0.15) is 0 Å².